The number of rotatable bonds is 6. The smallest absolute Gasteiger partial charge is 0.134 e. The molecule has 1 unspecified atom stereocenters. The van der Waals surface area contributed by atoms with Crippen molar-refractivity contribution in [1.82, 2.24) is 5.43 Å². The van der Waals surface area contributed by atoms with Gasteiger partial charge in [-0.1, -0.05) is 18.2 Å². The summed E-state index contributed by atoms with van der Waals surface area (Å²) >= 11 is 0. The Kier molecular flexibility index (Phi) is 4.05. The van der Waals surface area contributed by atoms with Crippen molar-refractivity contribution < 1.29 is 9.15 Å². The van der Waals surface area contributed by atoms with Gasteiger partial charge in [-0.15, -0.1) is 0 Å². The third-order valence-electron chi connectivity index (χ3n) is 4.15. The first-order chi connectivity index (χ1) is 9.80. The second-order valence-corrected chi connectivity index (χ2v) is 5.56. The molecule has 1 aliphatic carbocycles. The van der Waals surface area contributed by atoms with E-state index >= 15 is 0 Å². The van der Waals surface area contributed by atoms with Crippen LogP contribution in [0.15, 0.2) is 34.7 Å². The van der Waals surface area contributed by atoms with E-state index in [9.17, 15) is 0 Å². The van der Waals surface area contributed by atoms with Crippen LogP contribution in [-0.4, -0.2) is 12.7 Å². The first-order valence-electron chi connectivity index (χ1n) is 7.36. The third kappa shape index (κ3) is 2.73. The summed E-state index contributed by atoms with van der Waals surface area (Å²) in [6.45, 7) is 2.85. The lowest BCUT2D eigenvalue weighted by molar-refractivity contribution is -0.0296. The van der Waals surface area contributed by atoms with Gasteiger partial charge in [-0.25, -0.2) is 5.43 Å². The van der Waals surface area contributed by atoms with Gasteiger partial charge in [-0.3, -0.25) is 5.84 Å². The number of hydrogen-bond donors (Lipinski definition) is 2. The molecule has 3 rings (SSSR count). The Morgan fingerprint density at radius 2 is 2.20 bits per heavy atom. The zero-order valence-electron chi connectivity index (χ0n) is 11.8. The van der Waals surface area contributed by atoms with Gasteiger partial charge >= 0.3 is 0 Å². The Balaban J connectivity index is 1.64. The largest absolute Gasteiger partial charge is 0.459 e. The fourth-order valence-corrected chi connectivity index (χ4v) is 3.01. The van der Waals surface area contributed by atoms with Crippen molar-refractivity contribution in [3.05, 3.63) is 36.1 Å². The second-order valence-electron chi connectivity index (χ2n) is 5.56. The zero-order chi connectivity index (χ0) is 13.9. The Morgan fingerprint density at radius 3 is 2.90 bits per heavy atom. The lowest BCUT2D eigenvalue weighted by atomic mass is 9.78. The average molecular weight is 274 g/mol. The van der Waals surface area contributed by atoms with Gasteiger partial charge < -0.3 is 9.15 Å². The maximum absolute atomic E-state index is 5.89. The van der Waals surface area contributed by atoms with Crippen LogP contribution >= 0.6 is 0 Å². The van der Waals surface area contributed by atoms with Crippen molar-refractivity contribution in [2.75, 3.05) is 6.61 Å². The molecule has 0 saturated heterocycles. The van der Waals surface area contributed by atoms with Crippen LogP contribution in [0.2, 0.25) is 0 Å². The van der Waals surface area contributed by atoms with E-state index in [-0.39, 0.29) is 6.04 Å². The highest BCUT2D eigenvalue weighted by Gasteiger charge is 2.32. The Hall–Kier alpha value is -1.36. The number of fused-ring (bicyclic) bond motifs is 1. The number of furan rings is 1. The SMILES string of the molecule is CCOC1CC(CC(NN)c2cc3ccccc3o2)C1. The second kappa shape index (κ2) is 5.95. The minimum Gasteiger partial charge on any atom is -0.459 e. The highest BCUT2D eigenvalue weighted by Crippen LogP contribution is 2.37. The molecular weight excluding hydrogens is 252 g/mol. The molecule has 2 aromatic rings. The number of nitrogens with two attached hydrogens (primary N) is 1. The molecule has 1 aromatic carbocycles. The Morgan fingerprint density at radius 1 is 1.40 bits per heavy atom. The number of hydrazine groups is 1. The molecule has 0 amide bonds. The molecule has 1 heterocycles. The van der Waals surface area contributed by atoms with Crippen molar-refractivity contribution in [2.24, 2.45) is 11.8 Å². The number of hydrogen-bond acceptors (Lipinski definition) is 4. The van der Waals surface area contributed by atoms with E-state index in [2.05, 4.69) is 17.6 Å². The molecule has 0 bridgehead atoms. The number of para-hydroxylation sites is 1. The maximum Gasteiger partial charge on any atom is 0.134 e. The molecule has 1 fully saturated rings. The van der Waals surface area contributed by atoms with Gasteiger partial charge in [0, 0.05) is 12.0 Å². The molecule has 1 saturated carbocycles. The molecule has 4 nitrogen and oxygen atoms in total. The van der Waals surface area contributed by atoms with E-state index < -0.39 is 0 Å². The summed E-state index contributed by atoms with van der Waals surface area (Å²) in [7, 11) is 0. The fraction of sp³-hybridized carbons (Fsp3) is 0.500. The lowest BCUT2D eigenvalue weighted by Crippen LogP contribution is -2.36. The third-order valence-corrected chi connectivity index (χ3v) is 4.15. The van der Waals surface area contributed by atoms with Crippen LogP contribution < -0.4 is 11.3 Å². The van der Waals surface area contributed by atoms with Crippen LogP contribution in [0, 0.1) is 5.92 Å². The molecular formula is C16H22N2O2. The van der Waals surface area contributed by atoms with Crippen LogP contribution in [-0.2, 0) is 4.74 Å². The van der Waals surface area contributed by atoms with Crippen molar-refractivity contribution in [3.63, 3.8) is 0 Å². The summed E-state index contributed by atoms with van der Waals surface area (Å²) in [5, 5.41) is 1.13. The van der Waals surface area contributed by atoms with E-state index in [1.165, 1.54) is 0 Å². The molecule has 0 spiro atoms. The number of nitrogens with one attached hydrogen (secondary N) is 1. The Labute approximate surface area is 119 Å². The molecule has 108 valence electrons. The zero-order valence-corrected chi connectivity index (χ0v) is 11.8. The summed E-state index contributed by atoms with van der Waals surface area (Å²) in [6, 6.07) is 10.2. The van der Waals surface area contributed by atoms with E-state index in [1.54, 1.807) is 0 Å². The van der Waals surface area contributed by atoms with Crippen LogP contribution in [0.5, 0.6) is 0 Å². The molecule has 0 aliphatic heterocycles. The molecule has 1 atom stereocenters. The van der Waals surface area contributed by atoms with Gasteiger partial charge in [0.2, 0.25) is 0 Å². The predicted molar refractivity (Wildman–Crippen MR) is 79.0 cm³/mol. The van der Waals surface area contributed by atoms with Gasteiger partial charge in [0.15, 0.2) is 0 Å². The fourth-order valence-electron chi connectivity index (χ4n) is 3.01. The van der Waals surface area contributed by atoms with Crippen LogP contribution in [0.25, 0.3) is 11.0 Å². The average Bonchev–Trinajstić information content (AvgIpc) is 2.84. The lowest BCUT2D eigenvalue weighted by Gasteiger charge is -2.36. The van der Waals surface area contributed by atoms with Gasteiger partial charge in [0.05, 0.1) is 12.1 Å². The first kappa shape index (κ1) is 13.6. The van der Waals surface area contributed by atoms with Crippen molar-refractivity contribution in [3.8, 4) is 0 Å². The van der Waals surface area contributed by atoms with Crippen molar-refractivity contribution in [2.45, 2.75) is 38.3 Å². The summed E-state index contributed by atoms with van der Waals surface area (Å²) in [4.78, 5) is 0. The minimum absolute atomic E-state index is 0.0787. The highest BCUT2D eigenvalue weighted by molar-refractivity contribution is 5.77. The van der Waals surface area contributed by atoms with Crippen LogP contribution in [0.3, 0.4) is 0 Å². The van der Waals surface area contributed by atoms with Crippen molar-refractivity contribution >= 4 is 11.0 Å². The molecule has 3 N–H and O–H groups in total. The van der Waals surface area contributed by atoms with E-state index in [0.717, 1.165) is 42.6 Å². The van der Waals surface area contributed by atoms with Crippen molar-refractivity contribution in [1.29, 1.82) is 0 Å². The summed E-state index contributed by atoms with van der Waals surface area (Å²) in [5.41, 5.74) is 3.81. The van der Waals surface area contributed by atoms with Gasteiger partial charge in [-0.05, 0) is 44.2 Å². The molecule has 1 aromatic heterocycles. The summed E-state index contributed by atoms with van der Waals surface area (Å²) in [5.74, 6) is 7.30. The first-order valence-corrected chi connectivity index (χ1v) is 7.36. The highest BCUT2D eigenvalue weighted by atomic mass is 16.5. The molecule has 1 aliphatic rings. The van der Waals surface area contributed by atoms with Gasteiger partial charge in [0.25, 0.3) is 0 Å². The summed E-state index contributed by atoms with van der Waals surface area (Å²) in [6.07, 6.45) is 3.71. The minimum atomic E-state index is 0.0787. The summed E-state index contributed by atoms with van der Waals surface area (Å²) < 4.78 is 11.5. The maximum atomic E-state index is 5.89. The Bertz CT molecular complexity index is 527. The quantitative estimate of drug-likeness (QED) is 0.627. The van der Waals surface area contributed by atoms with E-state index in [1.807, 2.05) is 25.1 Å². The monoisotopic (exact) mass is 274 g/mol. The number of benzene rings is 1. The topological polar surface area (TPSA) is 60.4 Å². The normalized spacial score (nSPS) is 23.7. The molecule has 20 heavy (non-hydrogen) atoms. The molecule has 0 radical (unpaired) electrons. The standard InChI is InChI=1S/C16H22N2O2/c1-2-19-13-7-11(8-13)9-14(18-17)16-10-12-5-3-4-6-15(12)20-16/h3-6,10-11,13-14,18H,2,7-9,17H2,1H3. The van der Waals surface area contributed by atoms with E-state index in [4.69, 9.17) is 15.0 Å². The van der Waals surface area contributed by atoms with Crippen LogP contribution in [0.4, 0.5) is 0 Å². The molecule has 4 heteroatoms. The predicted octanol–water partition coefficient (Wildman–Crippen LogP) is 3.14. The number of ether oxygens (including phenoxy) is 1. The van der Waals surface area contributed by atoms with Gasteiger partial charge in [0.1, 0.15) is 11.3 Å². The van der Waals surface area contributed by atoms with E-state index in [0.29, 0.717) is 12.0 Å². The van der Waals surface area contributed by atoms with Gasteiger partial charge in [-0.2, -0.15) is 0 Å². The van der Waals surface area contributed by atoms with Crippen LogP contribution in [0.1, 0.15) is 38.0 Å².